The summed E-state index contributed by atoms with van der Waals surface area (Å²) in [6, 6.07) is 0. The zero-order valence-electron chi connectivity index (χ0n) is 6.82. The first-order valence-electron chi connectivity index (χ1n) is 4.10. The molecule has 0 aromatic heterocycles. The Morgan fingerprint density at radius 3 is 2.36 bits per heavy atom. The first kappa shape index (κ1) is 9.29. The molecule has 0 saturated heterocycles. The molecule has 0 aromatic carbocycles. The number of carbonyl (C=O) groups excluding carboxylic acids is 1. The highest BCUT2D eigenvalue weighted by molar-refractivity contribution is 14.1. The maximum Gasteiger partial charge on any atom is 0.234 e. The van der Waals surface area contributed by atoms with E-state index < -0.39 is 0 Å². The Hall–Kier alpha value is 0.200. The first-order chi connectivity index (χ1) is 5.19. The molecule has 1 aliphatic carbocycles. The number of rotatable bonds is 1. The minimum atomic E-state index is -0.0700. The predicted octanol–water partition coefficient (Wildman–Crippen LogP) is 2.42. The highest BCUT2D eigenvalue weighted by Crippen LogP contribution is 2.35. The number of amides is 1. The maximum absolute atomic E-state index is 11.4. The molecule has 0 spiro atoms. The Morgan fingerprint density at radius 2 is 1.91 bits per heavy atom. The van der Waals surface area contributed by atoms with Crippen LogP contribution in [0.1, 0.15) is 39.0 Å². The summed E-state index contributed by atoms with van der Waals surface area (Å²) in [5.41, 5.74) is -0.0700. The molecule has 1 aliphatic rings. The van der Waals surface area contributed by atoms with Crippen LogP contribution in [-0.2, 0) is 4.79 Å². The van der Waals surface area contributed by atoms with Crippen molar-refractivity contribution < 1.29 is 4.79 Å². The number of carbonyl (C=O) groups is 1. The van der Waals surface area contributed by atoms with Gasteiger partial charge in [0.25, 0.3) is 0 Å². The highest BCUT2D eigenvalue weighted by atomic mass is 127. The van der Waals surface area contributed by atoms with Crippen LogP contribution in [0.2, 0.25) is 0 Å². The summed E-state index contributed by atoms with van der Waals surface area (Å²) in [6.45, 7) is 2.07. The SMILES string of the molecule is CC1(C(=O)NI)CCCCC1. The molecule has 1 fully saturated rings. The second kappa shape index (κ2) is 3.74. The van der Waals surface area contributed by atoms with Gasteiger partial charge in [0.05, 0.1) is 22.9 Å². The van der Waals surface area contributed by atoms with E-state index >= 15 is 0 Å². The lowest BCUT2D eigenvalue weighted by atomic mass is 9.75. The van der Waals surface area contributed by atoms with Gasteiger partial charge in [0, 0.05) is 5.41 Å². The Bertz CT molecular complexity index is 152. The molecule has 2 nitrogen and oxygen atoms in total. The fourth-order valence-electron chi connectivity index (χ4n) is 1.67. The zero-order valence-corrected chi connectivity index (χ0v) is 8.98. The van der Waals surface area contributed by atoms with Crippen LogP contribution < -0.4 is 3.53 Å². The molecule has 0 heterocycles. The summed E-state index contributed by atoms with van der Waals surface area (Å²) in [4.78, 5) is 11.4. The molecule has 0 atom stereocenters. The minimum absolute atomic E-state index is 0.0700. The highest BCUT2D eigenvalue weighted by Gasteiger charge is 2.33. The molecule has 0 aromatic rings. The molecule has 3 heteroatoms. The van der Waals surface area contributed by atoms with E-state index in [0.717, 1.165) is 12.8 Å². The van der Waals surface area contributed by atoms with Crippen LogP contribution in [0.4, 0.5) is 0 Å². The van der Waals surface area contributed by atoms with Crippen molar-refractivity contribution in [1.82, 2.24) is 3.53 Å². The number of hydrogen-bond acceptors (Lipinski definition) is 1. The molecular formula is C8H14INO. The van der Waals surface area contributed by atoms with Crippen LogP contribution in [0.5, 0.6) is 0 Å². The largest absolute Gasteiger partial charge is 0.298 e. The van der Waals surface area contributed by atoms with Crippen molar-refractivity contribution in [3.63, 3.8) is 0 Å². The molecule has 0 bridgehead atoms. The molecule has 0 aliphatic heterocycles. The monoisotopic (exact) mass is 267 g/mol. The van der Waals surface area contributed by atoms with E-state index in [-0.39, 0.29) is 11.3 Å². The maximum atomic E-state index is 11.4. The van der Waals surface area contributed by atoms with Crippen molar-refractivity contribution in [2.75, 3.05) is 0 Å². The average molecular weight is 267 g/mol. The quantitative estimate of drug-likeness (QED) is 0.573. The van der Waals surface area contributed by atoms with Crippen LogP contribution in [0.3, 0.4) is 0 Å². The third-order valence-electron chi connectivity index (χ3n) is 2.59. The van der Waals surface area contributed by atoms with Crippen LogP contribution in [0.15, 0.2) is 0 Å². The fourth-order valence-corrected chi connectivity index (χ4v) is 2.32. The minimum Gasteiger partial charge on any atom is -0.298 e. The van der Waals surface area contributed by atoms with Gasteiger partial charge in [-0.25, -0.2) is 0 Å². The Balaban J connectivity index is 2.56. The van der Waals surface area contributed by atoms with E-state index in [9.17, 15) is 4.79 Å². The van der Waals surface area contributed by atoms with Crippen molar-refractivity contribution in [3.05, 3.63) is 0 Å². The summed E-state index contributed by atoms with van der Waals surface area (Å²) < 4.78 is 2.71. The van der Waals surface area contributed by atoms with Crippen LogP contribution in [-0.4, -0.2) is 5.91 Å². The topological polar surface area (TPSA) is 29.1 Å². The Morgan fingerprint density at radius 1 is 1.36 bits per heavy atom. The van der Waals surface area contributed by atoms with E-state index in [2.05, 4.69) is 10.5 Å². The van der Waals surface area contributed by atoms with Crippen LogP contribution in [0, 0.1) is 5.41 Å². The van der Waals surface area contributed by atoms with Gasteiger partial charge >= 0.3 is 0 Å². The molecule has 1 amide bonds. The van der Waals surface area contributed by atoms with Gasteiger partial charge < -0.3 is 0 Å². The molecule has 1 rings (SSSR count). The van der Waals surface area contributed by atoms with Crippen molar-refractivity contribution in [3.8, 4) is 0 Å². The normalized spacial score (nSPS) is 22.7. The standard InChI is InChI=1S/C8H14INO/c1-8(7(11)10-9)5-3-2-4-6-8/h2-6H2,1H3,(H,10,11). The Kier molecular flexibility index (Phi) is 3.16. The lowest BCUT2D eigenvalue weighted by Gasteiger charge is -2.30. The fraction of sp³-hybridized carbons (Fsp3) is 0.875. The molecule has 0 radical (unpaired) electrons. The van der Waals surface area contributed by atoms with E-state index in [4.69, 9.17) is 0 Å². The average Bonchev–Trinajstić information content (AvgIpc) is 2.04. The smallest absolute Gasteiger partial charge is 0.234 e. The number of hydrogen-bond donors (Lipinski definition) is 1. The summed E-state index contributed by atoms with van der Waals surface area (Å²) in [5, 5.41) is 0. The second-order valence-electron chi connectivity index (χ2n) is 3.54. The zero-order chi connectivity index (χ0) is 8.32. The van der Waals surface area contributed by atoms with Gasteiger partial charge in [0.1, 0.15) is 0 Å². The molecule has 11 heavy (non-hydrogen) atoms. The third-order valence-corrected chi connectivity index (χ3v) is 3.08. The predicted molar refractivity (Wildman–Crippen MR) is 53.4 cm³/mol. The van der Waals surface area contributed by atoms with Gasteiger partial charge in [-0.05, 0) is 12.8 Å². The van der Waals surface area contributed by atoms with Gasteiger partial charge in [0.2, 0.25) is 5.91 Å². The van der Waals surface area contributed by atoms with Crippen LogP contribution >= 0.6 is 22.9 Å². The number of nitrogens with one attached hydrogen (secondary N) is 1. The van der Waals surface area contributed by atoms with Gasteiger partial charge in [-0.1, -0.05) is 26.2 Å². The molecule has 1 N–H and O–H groups in total. The molecule has 64 valence electrons. The lowest BCUT2D eigenvalue weighted by molar-refractivity contribution is -0.129. The summed E-state index contributed by atoms with van der Waals surface area (Å²) in [7, 11) is 0. The van der Waals surface area contributed by atoms with Gasteiger partial charge in [-0.3, -0.25) is 8.32 Å². The molecule has 1 saturated carbocycles. The first-order valence-corrected chi connectivity index (χ1v) is 5.18. The Labute approximate surface area is 81.6 Å². The summed E-state index contributed by atoms with van der Waals surface area (Å²) in [5.74, 6) is 0.206. The van der Waals surface area contributed by atoms with Crippen LogP contribution in [0.25, 0.3) is 0 Å². The summed E-state index contributed by atoms with van der Waals surface area (Å²) >= 11 is 1.93. The van der Waals surface area contributed by atoms with Crippen molar-refractivity contribution in [1.29, 1.82) is 0 Å². The van der Waals surface area contributed by atoms with Crippen molar-refractivity contribution in [2.45, 2.75) is 39.0 Å². The lowest BCUT2D eigenvalue weighted by Crippen LogP contribution is -2.35. The van der Waals surface area contributed by atoms with E-state index in [1.807, 2.05) is 22.9 Å². The second-order valence-corrected chi connectivity index (χ2v) is 4.08. The van der Waals surface area contributed by atoms with E-state index in [1.54, 1.807) is 0 Å². The van der Waals surface area contributed by atoms with Crippen molar-refractivity contribution in [2.24, 2.45) is 5.41 Å². The molecular weight excluding hydrogens is 253 g/mol. The van der Waals surface area contributed by atoms with Gasteiger partial charge in [0.15, 0.2) is 0 Å². The van der Waals surface area contributed by atoms with E-state index in [0.29, 0.717) is 0 Å². The number of halogens is 1. The third kappa shape index (κ3) is 2.07. The van der Waals surface area contributed by atoms with Gasteiger partial charge in [-0.15, -0.1) is 0 Å². The molecule has 0 unspecified atom stereocenters. The van der Waals surface area contributed by atoms with Gasteiger partial charge in [-0.2, -0.15) is 0 Å². The summed E-state index contributed by atoms with van der Waals surface area (Å²) in [6.07, 6.45) is 5.83. The van der Waals surface area contributed by atoms with Crippen molar-refractivity contribution >= 4 is 28.8 Å². The van der Waals surface area contributed by atoms with E-state index in [1.165, 1.54) is 19.3 Å².